The standard InChI is InChI=1S/C18H21ClN4O3/c1-2-26-11-16(24)23-8-7-13-15(10-23)21-22-17(13)18(25)20-9-12-5-3-4-6-14(12)19/h3-6H,2,7-11H2,1H3,(H,20,25)(H,21,22). The van der Waals surface area contributed by atoms with Gasteiger partial charge >= 0.3 is 0 Å². The summed E-state index contributed by atoms with van der Waals surface area (Å²) >= 11 is 6.11. The molecule has 0 fully saturated rings. The van der Waals surface area contributed by atoms with Crippen LogP contribution in [0.5, 0.6) is 0 Å². The molecule has 7 nitrogen and oxygen atoms in total. The number of hydrogen-bond acceptors (Lipinski definition) is 4. The molecule has 1 aliphatic rings. The molecule has 0 radical (unpaired) electrons. The van der Waals surface area contributed by atoms with Crippen LogP contribution in [0.3, 0.4) is 0 Å². The largest absolute Gasteiger partial charge is 0.372 e. The van der Waals surface area contributed by atoms with E-state index in [1.54, 1.807) is 11.0 Å². The zero-order chi connectivity index (χ0) is 18.5. The maximum atomic E-state index is 12.5. The van der Waals surface area contributed by atoms with Crippen LogP contribution in [0.15, 0.2) is 24.3 Å². The van der Waals surface area contributed by atoms with Gasteiger partial charge in [-0.2, -0.15) is 5.10 Å². The molecule has 0 aliphatic carbocycles. The molecule has 2 amide bonds. The Morgan fingerprint density at radius 3 is 2.96 bits per heavy atom. The van der Waals surface area contributed by atoms with Crippen molar-refractivity contribution >= 4 is 23.4 Å². The van der Waals surface area contributed by atoms with Gasteiger partial charge in [-0.3, -0.25) is 14.7 Å². The van der Waals surface area contributed by atoms with Crippen LogP contribution in [-0.4, -0.2) is 46.7 Å². The number of carbonyl (C=O) groups is 2. The summed E-state index contributed by atoms with van der Waals surface area (Å²) in [6.45, 7) is 3.72. The van der Waals surface area contributed by atoms with Crippen molar-refractivity contribution in [3.63, 3.8) is 0 Å². The van der Waals surface area contributed by atoms with Gasteiger partial charge in [0.25, 0.3) is 5.91 Å². The molecule has 0 unspecified atom stereocenters. The van der Waals surface area contributed by atoms with Crippen LogP contribution >= 0.6 is 11.6 Å². The first-order chi connectivity index (χ1) is 12.6. The summed E-state index contributed by atoms with van der Waals surface area (Å²) in [5.74, 6) is -0.312. The van der Waals surface area contributed by atoms with E-state index in [0.29, 0.717) is 43.4 Å². The Morgan fingerprint density at radius 2 is 2.19 bits per heavy atom. The number of nitrogens with one attached hydrogen (secondary N) is 2. The molecule has 1 aliphatic heterocycles. The third-order valence-electron chi connectivity index (χ3n) is 4.33. The Kier molecular flexibility index (Phi) is 5.90. The molecule has 0 bridgehead atoms. The Bertz CT molecular complexity index is 805. The Morgan fingerprint density at radius 1 is 1.38 bits per heavy atom. The van der Waals surface area contributed by atoms with Crippen molar-refractivity contribution < 1.29 is 14.3 Å². The van der Waals surface area contributed by atoms with Crippen LogP contribution in [0.25, 0.3) is 0 Å². The van der Waals surface area contributed by atoms with Crippen LogP contribution < -0.4 is 5.32 Å². The van der Waals surface area contributed by atoms with Gasteiger partial charge in [0.15, 0.2) is 5.69 Å². The van der Waals surface area contributed by atoms with Crippen molar-refractivity contribution in [1.29, 1.82) is 0 Å². The molecule has 0 spiro atoms. The summed E-state index contributed by atoms with van der Waals surface area (Å²) in [4.78, 5) is 26.3. The van der Waals surface area contributed by atoms with Gasteiger partial charge in [0.05, 0.1) is 12.2 Å². The molecule has 0 saturated heterocycles. The van der Waals surface area contributed by atoms with Crippen LogP contribution in [0, 0.1) is 0 Å². The van der Waals surface area contributed by atoms with Crippen molar-refractivity contribution in [3.05, 3.63) is 51.8 Å². The first kappa shape index (κ1) is 18.4. The minimum absolute atomic E-state index is 0.0585. The van der Waals surface area contributed by atoms with E-state index in [-0.39, 0.29) is 18.4 Å². The lowest BCUT2D eigenvalue weighted by atomic mass is 10.0. The third-order valence-corrected chi connectivity index (χ3v) is 4.70. The van der Waals surface area contributed by atoms with Gasteiger partial charge in [-0.15, -0.1) is 0 Å². The third kappa shape index (κ3) is 4.05. The zero-order valence-corrected chi connectivity index (χ0v) is 15.3. The minimum Gasteiger partial charge on any atom is -0.372 e. The number of aromatic amines is 1. The van der Waals surface area contributed by atoms with Gasteiger partial charge in [0, 0.05) is 30.3 Å². The molecule has 2 heterocycles. The monoisotopic (exact) mass is 376 g/mol. The molecular weight excluding hydrogens is 356 g/mol. The van der Waals surface area contributed by atoms with Gasteiger partial charge in [-0.1, -0.05) is 29.8 Å². The average molecular weight is 377 g/mol. The Balaban J connectivity index is 1.63. The molecule has 3 rings (SSSR count). The summed E-state index contributed by atoms with van der Waals surface area (Å²) < 4.78 is 5.17. The second-order valence-electron chi connectivity index (χ2n) is 6.01. The number of aromatic nitrogens is 2. The first-order valence-electron chi connectivity index (χ1n) is 8.53. The molecule has 8 heteroatoms. The zero-order valence-electron chi connectivity index (χ0n) is 14.5. The second kappa shape index (κ2) is 8.33. The lowest BCUT2D eigenvalue weighted by molar-refractivity contribution is -0.136. The topological polar surface area (TPSA) is 87.3 Å². The highest BCUT2D eigenvalue weighted by atomic mass is 35.5. The number of fused-ring (bicyclic) bond motifs is 1. The molecular formula is C18H21ClN4O3. The van der Waals surface area contributed by atoms with Crippen molar-refractivity contribution in [2.45, 2.75) is 26.4 Å². The van der Waals surface area contributed by atoms with E-state index in [0.717, 1.165) is 16.8 Å². The van der Waals surface area contributed by atoms with E-state index >= 15 is 0 Å². The van der Waals surface area contributed by atoms with Crippen LogP contribution in [0.1, 0.15) is 34.2 Å². The fourth-order valence-electron chi connectivity index (χ4n) is 2.90. The summed E-state index contributed by atoms with van der Waals surface area (Å²) in [5.41, 5.74) is 2.88. The van der Waals surface area contributed by atoms with Gasteiger partial charge < -0.3 is 15.0 Å². The van der Waals surface area contributed by atoms with E-state index in [1.165, 1.54) is 0 Å². The summed E-state index contributed by atoms with van der Waals surface area (Å²) in [7, 11) is 0. The molecule has 2 N–H and O–H groups in total. The van der Waals surface area contributed by atoms with E-state index in [4.69, 9.17) is 16.3 Å². The maximum absolute atomic E-state index is 12.5. The predicted molar refractivity (Wildman–Crippen MR) is 96.8 cm³/mol. The minimum atomic E-state index is -0.253. The lowest BCUT2D eigenvalue weighted by Gasteiger charge is -2.26. The lowest BCUT2D eigenvalue weighted by Crippen LogP contribution is -2.38. The number of hydrogen-bond donors (Lipinski definition) is 2. The molecule has 2 aromatic rings. The van der Waals surface area contributed by atoms with Crippen molar-refractivity contribution in [1.82, 2.24) is 20.4 Å². The fourth-order valence-corrected chi connectivity index (χ4v) is 3.10. The number of halogens is 1. The van der Waals surface area contributed by atoms with E-state index in [1.807, 2.05) is 25.1 Å². The molecule has 1 aromatic carbocycles. The number of amides is 2. The summed E-state index contributed by atoms with van der Waals surface area (Å²) in [5, 5.41) is 10.5. The van der Waals surface area contributed by atoms with Gasteiger partial charge in [-0.05, 0) is 25.0 Å². The summed E-state index contributed by atoms with van der Waals surface area (Å²) in [6, 6.07) is 7.37. The van der Waals surface area contributed by atoms with E-state index in [9.17, 15) is 9.59 Å². The number of nitrogens with zero attached hydrogens (tertiary/aromatic N) is 2. The number of ether oxygens (including phenoxy) is 1. The molecule has 1 aromatic heterocycles. The van der Waals surface area contributed by atoms with Gasteiger partial charge in [0.1, 0.15) is 6.61 Å². The summed E-state index contributed by atoms with van der Waals surface area (Å²) in [6.07, 6.45) is 0.582. The Hall–Kier alpha value is -2.38. The highest BCUT2D eigenvalue weighted by Crippen LogP contribution is 2.21. The first-order valence-corrected chi connectivity index (χ1v) is 8.91. The number of benzene rings is 1. The van der Waals surface area contributed by atoms with Gasteiger partial charge in [-0.25, -0.2) is 0 Å². The molecule has 0 saturated carbocycles. The normalized spacial score (nSPS) is 13.4. The van der Waals surface area contributed by atoms with Crippen LogP contribution in [-0.2, 0) is 29.0 Å². The van der Waals surface area contributed by atoms with Gasteiger partial charge in [0.2, 0.25) is 5.91 Å². The number of carbonyl (C=O) groups excluding carboxylic acids is 2. The van der Waals surface area contributed by atoms with Crippen LogP contribution in [0.2, 0.25) is 5.02 Å². The highest BCUT2D eigenvalue weighted by molar-refractivity contribution is 6.31. The molecule has 138 valence electrons. The Labute approximate surface area is 156 Å². The number of H-pyrrole nitrogens is 1. The van der Waals surface area contributed by atoms with Crippen molar-refractivity contribution in [2.24, 2.45) is 0 Å². The van der Waals surface area contributed by atoms with Crippen molar-refractivity contribution in [2.75, 3.05) is 19.8 Å². The fraction of sp³-hybridized carbons (Fsp3) is 0.389. The highest BCUT2D eigenvalue weighted by Gasteiger charge is 2.27. The second-order valence-corrected chi connectivity index (χ2v) is 6.41. The van der Waals surface area contributed by atoms with Crippen molar-refractivity contribution in [3.8, 4) is 0 Å². The molecule has 26 heavy (non-hydrogen) atoms. The number of rotatable bonds is 6. The van der Waals surface area contributed by atoms with E-state index in [2.05, 4.69) is 15.5 Å². The predicted octanol–water partition coefficient (Wildman–Crippen LogP) is 1.91. The quantitative estimate of drug-likeness (QED) is 0.806. The maximum Gasteiger partial charge on any atom is 0.272 e. The molecule has 0 atom stereocenters. The average Bonchev–Trinajstić information content (AvgIpc) is 3.08. The van der Waals surface area contributed by atoms with E-state index < -0.39 is 0 Å². The SMILES string of the molecule is CCOCC(=O)N1CCc2c(C(=O)NCc3ccccc3Cl)n[nH]c2C1. The smallest absolute Gasteiger partial charge is 0.272 e. The van der Waals surface area contributed by atoms with Crippen LogP contribution in [0.4, 0.5) is 0 Å².